The van der Waals surface area contributed by atoms with E-state index in [1.807, 2.05) is 25.7 Å². The maximum Gasteiger partial charge on any atom is 0.410 e. The molecule has 1 saturated carbocycles. The molecule has 0 radical (unpaired) electrons. The minimum absolute atomic E-state index is 0.163. The Labute approximate surface area is 116 Å². The quantitative estimate of drug-likeness (QED) is 0.733. The van der Waals surface area contributed by atoms with Crippen LogP contribution in [0.4, 0.5) is 4.79 Å². The van der Waals surface area contributed by atoms with Crippen LogP contribution in [0.15, 0.2) is 0 Å². The molecule has 0 aromatic rings. The first-order chi connectivity index (χ1) is 8.84. The van der Waals surface area contributed by atoms with Crippen molar-refractivity contribution in [2.24, 2.45) is 5.41 Å². The highest BCUT2D eigenvalue weighted by Crippen LogP contribution is 2.47. The lowest BCUT2D eigenvalue weighted by molar-refractivity contribution is 0.00816. The summed E-state index contributed by atoms with van der Waals surface area (Å²) in [4.78, 5) is 13.9. The van der Waals surface area contributed by atoms with E-state index >= 15 is 0 Å². The van der Waals surface area contributed by atoms with Crippen LogP contribution in [0, 0.1) is 5.41 Å². The molecule has 0 bridgehead atoms. The number of methoxy groups -OCH3 is 1. The van der Waals surface area contributed by atoms with Crippen LogP contribution in [0.25, 0.3) is 0 Å². The second-order valence-corrected chi connectivity index (χ2v) is 7.07. The van der Waals surface area contributed by atoms with E-state index in [-0.39, 0.29) is 6.09 Å². The van der Waals surface area contributed by atoms with Gasteiger partial charge in [-0.2, -0.15) is 0 Å². The standard InChI is InChI=1S/C15H27NO3/c1-14(2,3)19-13(17)16-9-7-15(8-10-16)6-5-12(11-15)18-4/h12H,5-11H2,1-4H3. The zero-order chi connectivity index (χ0) is 14.1. The van der Waals surface area contributed by atoms with E-state index in [9.17, 15) is 4.79 Å². The predicted octanol–water partition coefficient (Wildman–Crippen LogP) is 3.20. The lowest BCUT2D eigenvalue weighted by Gasteiger charge is -2.39. The Morgan fingerprint density at radius 3 is 2.32 bits per heavy atom. The highest BCUT2D eigenvalue weighted by Gasteiger charge is 2.42. The molecule has 1 heterocycles. The molecule has 4 nitrogen and oxygen atoms in total. The molecule has 110 valence electrons. The number of hydrogen-bond donors (Lipinski definition) is 0. The highest BCUT2D eigenvalue weighted by atomic mass is 16.6. The summed E-state index contributed by atoms with van der Waals surface area (Å²) in [6, 6.07) is 0. The summed E-state index contributed by atoms with van der Waals surface area (Å²) < 4.78 is 10.9. The molecule has 1 atom stereocenters. The van der Waals surface area contributed by atoms with Gasteiger partial charge in [0.25, 0.3) is 0 Å². The third kappa shape index (κ3) is 3.62. The Kier molecular flexibility index (Phi) is 4.09. The largest absolute Gasteiger partial charge is 0.444 e. The van der Waals surface area contributed by atoms with E-state index in [0.717, 1.165) is 32.4 Å². The molecular weight excluding hydrogens is 242 g/mol. The van der Waals surface area contributed by atoms with Gasteiger partial charge in [-0.1, -0.05) is 0 Å². The summed E-state index contributed by atoms with van der Waals surface area (Å²) in [6.45, 7) is 7.39. The fourth-order valence-corrected chi connectivity index (χ4v) is 3.30. The Hall–Kier alpha value is -0.770. The van der Waals surface area contributed by atoms with Crippen LogP contribution in [0.2, 0.25) is 0 Å². The number of likely N-dealkylation sites (tertiary alicyclic amines) is 1. The molecule has 2 aliphatic rings. The van der Waals surface area contributed by atoms with Crippen molar-refractivity contribution in [1.29, 1.82) is 0 Å². The molecule has 1 unspecified atom stereocenters. The van der Waals surface area contributed by atoms with Gasteiger partial charge in [0.1, 0.15) is 5.60 Å². The van der Waals surface area contributed by atoms with E-state index in [1.54, 1.807) is 7.11 Å². The van der Waals surface area contributed by atoms with E-state index in [4.69, 9.17) is 9.47 Å². The number of amides is 1. The van der Waals surface area contributed by atoms with Crippen LogP contribution in [0.5, 0.6) is 0 Å². The number of hydrogen-bond acceptors (Lipinski definition) is 3. The van der Waals surface area contributed by atoms with Gasteiger partial charge in [0.15, 0.2) is 0 Å². The van der Waals surface area contributed by atoms with E-state index in [2.05, 4.69) is 0 Å². The lowest BCUT2D eigenvalue weighted by atomic mass is 9.77. The number of ether oxygens (including phenoxy) is 2. The van der Waals surface area contributed by atoms with Crippen LogP contribution in [-0.2, 0) is 9.47 Å². The molecule has 2 fully saturated rings. The molecule has 1 spiro atoms. The second kappa shape index (κ2) is 5.31. The molecular formula is C15H27NO3. The van der Waals surface area contributed by atoms with Gasteiger partial charge in [0, 0.05) is 20.2 Å². The summed E-state index contributed by atoms with van der Waals surface area (Å²) in [5, 5.41) is 0. The number of carbonyl (C=O) groups excluding carboxylic acids is 1. The zero-order valence-corrected chi connectivity index (χ0v) is 12.7. The molecule has 1 aliphatic heterocycles. The minimum Gasteiger partial charge on any atom is -0.444 e. The van der Waals surface area contributed by atoms with Crippen molar-refractivity contribution in [3.63, 3.8) is 0 Å². The minimum atomic E-state index is -0.402. The average Bonchev–Trinajstić information content (AvgIpc) is 2.71. The van der Waals surface area contributed by atoms with Gasteiger partial charge in [0.05, 0.1) is 6.10 Å². The molecule has 19 heavy (non-hydrogen) atoms. The van der Waals surface area contributed by atoms with Gasteiger partial charge >= 0.3 is 6.09 Å². The molecule has 1 amide bonds. The van der Waals surface area contributed by atoms with Gasteiger partial charge in [-0.3, -0.25) is 0 Å². The molecule has 1 aliphatic carbocycles. The van der Waals surface area contributed by atoms with Crippen LogP contribution in [0.1, 0.15) is 52.9 Å². The first-order valence-electron chi connectivity index (χ1n) is 7.34. The number of piperidine rings is 1. The molecule has 0 aromatic heterocycles. The van der Waals surface area contributed by atoms with Crippen LogP contribution in [-0.4, -0.2) is 42.9 Å². The van der Waals surface area contributed by atoms with Crippen molar-refractivity contribution in [3.05, 3.63) is 0 Å². The van der Waals surface area contributed by atoms with E-state index in [1.165, 1.54) is 12.8 Å². The van der Waals surface area contributed by atoms with Gasteiger partial charge < -0.3 is 14.4 Å². The first kappa shape index (κ1) is 14.6. The fourth-order valence-electron chi connectivity index (χ4n) is 3.30. The Balaban J connectivity index is 1.84. The molecule has 2 rings (SSSR count). The monoisotopic (exact) mass is 269 g/mol. The van der Waals surface area contributed by atoms with Gasteiger partial charge in [-0.25, -0.2) is 4.79 Å². The second-order valence-electron chi connectivity index (χ2n) is 7.07. The van der Waals surface area contributed by atoms with Gasteiger partial charge in [0.2, 0.25) is 0 Å². The van der Waals surface area contributed by atoms with Crippen molar-refractivity contribution >= 4 is 6.09 Å². The van der Waals surface area contributed by atoms with Crippen molar-refractivity contribution in [3.8, 4) is 0 Å². The fraction of sp³-hybridized carbons (Fsp3) is 0.933. The van der Waals surface area contributed by atoms with Crippen molar-refractivity contribution in [2.45, 2.75) is 64.6 Å². The summed E-state index contributed by atoms with van der Waals surface area (Å²) in [5.41, 5.74) is 0.0138. The third-order valence-corrected chi connectivity index (χ3v) is 4.47. The topological polar surface area (TPSA) is 38.8 Å². The summed E-state index contributed by atoms with van der Waals surface area (Å²) >= 11 is 0. The highest BCUT2D eigenvalue weighted by molar-refractivity contribution is 5.68. The molecule has 4 heteroatoms. The average molecular weight is 269 g/mol. The number of rotatable bonds is 1. The Morgan fingerprint density at radius 1 is 1.21 bits per heavy atom. The number of carbonyl (C=O) groups is 1. The number of nitrogens with zero attached hydrogens (tertiary/aromatic N) is 1. The van der Waals surface area contributed by atoms with Gasteiger partial charge in [-0.05, 0) is 58.3 Å². The molecule has 1 saturated heterocycles. The van der Waals surface area contributed by atoms with Gasteiger partial charge in [-0.15, -0.1) is 0 Å². The van der Waals surface area contributed by atoms with Crippen LogP contribution >= 0.6 is 0 Å². The smallest absolute Gasteiger partial charge is 0.410 e. The normalized spacial score (nSPS) is 26.7. The van der Waals surface area contributed by atoms with Crippen LogP contribution < -0.4 is 0 Å². The van der Waals surface area contributed by atoms with E-state index < -0.39 is 5.60 Å². The van der Waals surface area contributed by atoms with Crippen molar-refractivity contribution in [2.75, 3.05) is 20.2 Å². The molecule has 0 aromatic carbocycles. The molecule has 0 N–H and O–H groups in total. The lowest BCUT2D eigenvalue weighted by Crippen LogP contribution is -2.44. The zero-order valence-electron chi connectivity index (χ0n) is 12.7. The Bertz CT molecular complexity index is 327. The summed E-state index contributed by atoms with van der Waals surface area (Å²) in [5.74, 6) is 0. The maximum absolute atomic E-state index is 12.0. The maximum atomic E-state index is 12.0. The third-order valence-electron chi connectivity index (χ3n) is 4.47. The van der Waals surface area contributed by atoms with Crippen LogP contribution in [0.3, 0.4) is 0 Å². The first-order valence-corrected chi connectivity index (χ1v) is 7.34. The van der Waals surface area contributed by atoms with Crippen molar-refractivity contribution in [1.82, 2.24) is 4.90 Å². The summed E-state index contributed by atoms with van der Waals surface area (Å²) in [7, 11) is 1.81. The van der Waals surface area contributed by atoms with E-state index in [0.29, 0.717) is 11.5 Å². The van der Waals surface area contributed by atoms with Crippen molar-refractivity contribution < 1.29 is 14.3 Å². The Morgan fingerprint density at radius 2 is 1.84 bits per heavy atom. The summed E-state index contributed by atoms with van der Waals surface area (Å²) in [6.07, 6.45) is 6.01. The predicted molar refractivity (Wildman–Crippen MR) is 74.1 cm³/mol. The SMILES string of the molecule is COC1CCC2(CCN(C(=O)OC(C)(C)C)CC2)C1.